The van der Waals surface area contributed by atoms with E-state index in [-0.39, 0.29) is 10.8 Å². The topological polar surface area (TPSA) is 66.5 Å². The molecule has 0 aliphatic carbocycles. The van der Waals surface area contributed by atoms with E-state index in [0.29, 0.717) is 17.8 Å². The Kier molecular flexibility index (Phi) is 6.61. The Morgan fingerprint density at radius 1 is 0.829 bits per heavy atom. The van der Waals surface area contributed by atoms with Gasteiger partial charge in [-0.15, -0.1) is 0 Å². The number of amides is 1. The Hall–Kier alpha value is -3.55. The molecule has 4 aromatic carbocycles. The zero-order valence-electron chi connectivity index (χ0n) is 18.9. The largest absolute Gasteiger partial charge is 0.308 e. The molecule has 1 heterocycles. The Labute approximate surface area is 209 Å². The van der Waals surface area contributed by atoms with Gasteiger partial charge in [0.15, 0.2) is 0 Å². The highest BCUT2D eigenvalue weighted by Gasteiger charge is 2.26. The summed E-state index contributed by atoms with van der Waals surface area (Å²) in [6.07, 6.45) is 1.50. The molecule has 0 bridgehead atoms. The van der Waals surface area contributed by atoms with Gasteiger partial charge in [0.25, 0.3) is 15.9 Å². The first-order valence-corrected chi connectivity index (χ1v) is 13.7. The van der Waals surface area contributed by atoms with Gasteiger partial charge in [-0.2, -0.15) is 0 Å². The Bertz CT molecular complexity index is 1460. The fourth-order valence-corrected chi connectivity index (χ4v) is 6.26. The lowest BCUT2D eigenvalue weighted by atomic mass is 10.0. The fraction of sp³-hybridized carbons (Fsp3) is 0.107. The van der Waals surface area contributed by atoms with Crippen molar-refractivity contribution in [1.82, 2.24) is 0 Å². The van der Waals surface area contributed by atoms with Crippen molar-refractivity contribution in [1.29, 1.82) is 0 Å². The third-order valence-electron chi connectivity index (χ3n) is 5.85. The summed E-state index contributed by atoms with van der Waals surface area (Å²) in [7, 11) is -3.82. The van der Waals surface area contributed by atoms with E-state index >= 15 is 0 Å². The number of carbonyl (C=O) groups is 1. The average Bonchev–Trinajstić information content (AvgIpc) is 2.90. The summed E-state index contributed by atoms with van der Waals surface area (Å²) < 4.78 is 29.4. The highest BCUT2D eigenvalue weighted by Crippen LogP contribution is 2.35. The molecule has 0 fully saturated rings. The summed E-state index contributed by atoms with van der Waals surface area (Å²) in [5.74, 6) is -0.0767. The molecule has 176 valence electrons. The van der Waals surface area contributed by atoms with Gasteiger partial charge in [-0.25, -0.2) is 8.42 Å². The predicted octanol–water partition coefficient (Wildman–Crippen LogP) is 6.23. The van der Waals surface area contributed by atoms with Gasteiger partial charge in [0.05, 0.1) is 10.6 Å². The highest BCUT2D eigenvalue weighted by atomic mass is 32.2. The number of para-hydroxylation sites is 1. The fourth-order valence-electron chi connectivity index (χ4n) is 4.15. The van der Waals surface area contributed by atoms with E-state index in [0.717, 1.165) is 33.9 Å². The minimum absolute atomic E-state index is 0.0767. The van der Waals surface area contributed by atoms with Gasteiger partial charge in [0, 0.05) is 27.6 Å². The molecule has 7 heteroatoms. The second kappa shape index (κ2) is 9.98. The van der Waals surface area contributed by atoms with E-state index in [2.05, 4.69) is 4.72 Å². The van der Waals surface area contributed by atoms with Gasteiger partial charge < -0.3 is 4.90 Å². The number of fused-ring (bicyclic) bond motifs is 1. The maximum absolute atomic E-state index is 13.3. The van der Waals surface area contributed by atoms with Crippen molar-refractivity contribution in [2.75, 3.05) is 16.2 Å². The quantitative estimate of drug-likeness (QED) is 0.341. The number of anilines is 2. The maximum Gasteiger partial charge on any atom is 0.261 e. The van der Waals surface area contributed by atoms with Crippen LogP contribution in [0.25, 0.3) is 0 Å². The van der Waals surface area contributed by atoms with Crippen molar-refractivity contribution in [3.05, 3.63) is 114 Å². The lowest BCUT2D eigenvalue weighted by Crippen LogP contribution is -2.35. The van der Waals surface area contributed by atoms with Crippen LogP contribution < -0.4 is 9.62 Å². The zero-order valence-corrected chi connectivity index (χ0v) is 20.6. The van der Waals surface area contributed by atoms with Crippen molar-refractivity contribution < 1.29 is 13.2 Å². The minimum atomic E-state index is -3.82. The number of rotatable bonds is 6. The molecule has 0 unspecified atom stereocenters. The molecule has 4 aromatic rings. The number of nitrogens with zero attached hydrogens (tertiary/aromatic N) is 1. The Balaban J connectivity index is 1.41. The van der Waals surface area contributed by atoms with Crippen molar-refractivity contribution in [2.45, 2.75) is 27.5 Å². The van der Waals surface area contributed by atoms with Crippen LogP contribution in [-0.2, 0) is 16.4 Å². The molecule has 0 saturated heterocycles. The summed E-state index contributed by atoms with van der Waals surface area (Å²) in [6, 6.07) is 31.4. The zero-order chi connectivity index (χ0) is 24.3. The molecule has 0 radical (unpaired) electrons. The van der Waals surface area contributed by atoms with Crippen LogP contribution in [0, 0.1) is 0 Å². The standard InChI is InChI=1S/C28H24N2O3S2/c31-28(21-10-3-1-4-11-21)30-19-9-12-22-20-24(17-18-26(22)30)35(32,33)29-25-15-7-8-16-27(25)34-23-13-5-2-6-14-23/h1-8,10-11,13-18,20,29H,9,12,19H2. The maximum atomic E-state index is 13.3. The Morgan fingerprint density at radius 3 is 2.29 bits per heavy atom. The predicted molar refractivity (Wildman–Crippen MR) is 141 cm³/mol. The van der Waals surface area contributed by atoms with E-state index < -0.39 is 10.0 Å². The number of nitrogens with one attached hydrogen (secondary N) is 1. The van der Waals surface area contributed by atoms with Gasteiger partial charge in [0.1, 0.15) is 0 Å². The summed E-state index contributed by atoms with van der Waals surface area (Å²) in [6.45, 7) is 0.606. The van der Waals surface area contributed by atoms with Gasteiger partial charge in [-0.1, -0.05) is 60.3 Å². The molecule has 0 aromatic heterocycles. The molecule has 1 N–H and O–H groups in total. The van der Waals surface area contributed by atoms with Crippen LogP contribution in [0.1, 0.15) is 22.3 Å². The molecular formula is C28H24N2O3S2. The summed E-state index contributed by atoms with van der Waals surface area (Å²) >= 11 is 1.50. The lowest BCUT2D eigenvalue weighted by molar-refractivity contribution is 0.0985. The van der Waals surface area contributed by atoms with E-state index in [1.165, 1.54) is 11.8 Å². The lowest BCUT2D eigenvalue weighted by Gasteiger charge is -2.30. The van der Waals surface area contributed by atoms with Gasteiger partial charge in [-0.3, -0.25) is 9.52 Å². The van der Waals surface area contributed by atoms with Crippen molar-refractivity contribution in [3.8, 4) is 0 Å². The molecule has 0 saturated carbocycles. The molecule has 5 rings (SSSR count). The van der Waals surface area contributed by atoms with E-state index in [1.807, 2.05) is 66.7 Å². The first-order chi connectivity index (χ1) is 17.0. The normalized spacial score (nSPS) is 13.2. The monoisotopic (exact) mass is 500 g/mol. The van der Waals surface area contributed by atoms with Gasteiger partial charge >= 0.3 is 0 Å². The van der Waals surface area contributed by atoms with Crippen molar-refractivity contribution >= 4 is 39.1 Å². The molecule has 0 spiro atoms. The van der Waals surface area contributed by atoms with Crippen LogP contribution in [0.4, 0.5) is 11.4 Å². The average molecular weight is 501 g/mol. The summed E-state index contributed by atoms with van der Waals surface area (Å²) in [5.41, 5.74) is 2.77. The first-order valence-electron chi connectivity index (χ1n) is 11.4. The number of sulfonamides is 1. The van der Waals surface area contributed by atoms with E-state index in [4.69, 9.17) is 0 Å². The molecule has 1 amide bonds. The third kappa shape index (κ3) is 5.11. The SMILES string of the molecule is O=C(c1ccccc1)N1CCCc2cc(S(=O)(=O)Nc3ccccc3Sc3ccccc3)ccc21. The Morgan fingerprint density at radius 2 is 1.51 bits per heavy atom. The summed E-state index contributed by atoms with van der Waals surface area (Å²) in [4.78, 5) is 16.8. The number of aryl methyl sites for hydroxylation is 1. The molecule has 1 aliphatic rings. The number of benzene rings is 4. The van der Waals surface area contributed by atoms with Crippen LogP contribution in [0.3, 0.4) is 0 Å². The smallest absolute Gasteiger partial charge is 0.261 e. The summed E-state index contributed by atoms with van der Waals surface area (Å²) in [5, 5.41) is 0. The number of hydrogen-bond acceptors (Lipinski definition) is 4. The molecule has 35 heavy (non-hydrogen) atoms. The van der Waals surface area contributed by atoms with Crippen LogP contribution in [0.15, 0.2) is 118 Å². The van der Waals surface area contributed by atoms with E-state index in [9.17, 15) is 13.2 Å². The van der Waals surface area contributed by atoms with Crippen molar-refractivity contribution in [2.24, 2.45) is 0 Å². The van der Waals surface area contributed by atoms with Crippen LogP contribution in [-0.4, -0.2) is 20.9 Å². The second-order valence-electron chi connectivity index (χ2n) is 8.23. The van der Waals surface area contributed by atoms with Crippen LogP contribution in [0.5, 0.6) is 0 Å². The highest BCUT2D eigenvalue weighted by molar-refractivity contribution is 7.99. The van der Waals surface area contributed by atoms with Crippen LogP contribution in [0.2, 0.25) is 0 Å². The molecule has 1 aliphatic heterocycles. The first kappa shape index (κ1) is 23.2. The second-order valence-corrected chi connectivity index (χ2v) is 11.0. The number of carbonyl (C=O) groups excluding carboxylic acids is 1. The number of hydrogen-bond donors (Lipinski definition) is 1. The van der Waals surface area contributed by atoms with Crippen LogP contribution >= 0.6 is 11.8 Å². The molecule has 0 atom stereocenters. The van der Waals surface area contributed by atoms with Gasteiger partial charge in [0.2, 0.25) is 0 Å². The van der Waals surface area contributed by atoms with E-state index in [1.54, 1.807) is 41.3 Å². The molecule has 5 nitrogen and oxygen atoms in total. The minimum Gasteiger partial charge on any atom is -0.308 e. The van der Waals surface area contributed by atoms with Gasteiger partial charge in [-0.05, 0) is 73.0 Å². The third-order valence-corrected chi connectivity index (χ3v) is 8.30. The van der Waals surface area contributed by atoms with Crippen molar-refractivity contribution in [3.63, 3.8) is 0 Å². The molecular weight excluding hydrogens is 476 g/mol.